The largest absolute Gasteiger partial charge is 0.508 e. The van der Waals surface area contributed by atoms with Gasteiger partial charge in [-0.25, -0.2) is 0 Å². The Morgan fingerprint density at radius 2 is 2.11 bits per heavy atom. The first kappa shape index (κ1) is 15.5. The summed E-state index contributed by atoms with van der Waals surface area (Å²) in [5, 5.41) is 12.3. The van der Waals surface area contributed by atoms with Gasteiger partial charge >= 0.3 is 0 Å². The zero-order chi connectivity index (χ0) is 14.4. The summed E-state index contributed by atoms with van der Waals surface area (Å²) >= 11 is 0. The summed E-state index contributed by atoms with van der Waals surface area (Å²) in [6.07, 6.45) is 2.15. The average molecular weight is 264 g/mol. The second kappa shape index (κ2) is 7.14. The molecule has 0 unspecified atom stereocenters. The van der Waals surface area contributed by atoms with Crippen molar-refractivity contribution < 1.29 is 9.90 Å². The van der Waals surface area contributed by atoms with Crippen LogP contribution in [0.1, 0.15) is 35.7 Å². The molecule has 1 rings (SSSR count). The standard InChI is InChI=1S/C15H24N2O2/c1-5-6-12(17(3)4)10-16-15(19)14-8-7-13(18)9-11(14)2/h7-9,12,18H,5-6,10H2,1-4H3,(H,16,19)/t12-/m1/s1. The van der Waals surface area contributed by atoms with Crippen molar-refractivity contribution in [1.82, 2.24) is 10.2 Å². The van der Waals surface area contributed by atoms with E-state index in [9.17, 15) is 9.90 Å². The van der Waals surface area contributed by atoms with Crippen molar-refractivity contribution in [3.63, 3.8) is 0 Å². The van der Waals surface area contributed by atoms with Crippen molar-refractivity contribution in [3.05, 3.63) is 29.3 Å². The lowest BCUT2D eigenvalue weighted by Gasteiger charge is -2.24. The molecule has 0 radical (unpaired) electrons. The van der Waals surface area contributed by atoms with Crippen LogP contribution in [0, 0.1) is 6.92 Å². The highest BCUT2D eigenvalue weighted by Gasteiger charge is 2.14. The minimum atomic E-state index is -0.0829. The Balaban J connectivity index is 2.64. The fraction of sp³-hybridized carbons (Fsp3) is 0.533. The van der Waals surface area contributed by atoms with Gasteiger partial charge < -0.3 is 15.3 Å². The molecule has 0 aromatic heterocycles. The minimum absolute atomic E-state index is 0.0829. The van der Waals surface area contributed by atoms with Crippen molar-refractivity contribution in [1.29, 1.82) is 0 Å². The molecule has 0 saturated carbocycles. The molecule has 1 amide bonds. The fourth-order valence-electron chi connectivity index (χ4n) is 2.08. The number of nitrogens with zero attached hydrogens (tertiary/aromatic N) is 1. The van der Waals surface area contributed by atoms with Crippen LogP contribution in [0.5, 0.6) is 5.75 Å². The van der Waals surface area contributed by atoms with Crippen LogP contribution >= 0.6 is 0 Å². The number of aromatic hydroxyl groups is 1. The van der Waals surface area contributed by atoms with Crippen LogP contribution in [-0.2, 0) is 0 Å². The van der Waals surface area contributed by atoms with Crippen LogP contribution in [0.15, 0.2) is 18.2 Å². The quantitative estimate of drug-likeness (QED) is 0.828. The van der Waals surface area contributed by atoms with Crippen LogP contribution in [0.3, 0.4) is 0 Å². The molecule has 0 aliphatic rings. The molecule has 0 aliphatic heterocycles. The van der Waals surface area contributed by atoms with Crippen molar-refractivity contribution in [3.8, 4) is 5.75 Å². The molecule has 19 heavy (non-hydrogen) atoms. The maximum Gasteiger partial charge on any atom is 0.251 e. The second-order valence-corrected chi connectivity index (χ2v) is 5.12. The molecule has 1 atom stereocenters. The van der Waals surface area contributed by atoms with E-state index in [-0.39, 0.29) is 11.7 Å². The van der Waals surface area contributed by atoms with Crippen molar-refractivity contribution >= 4 is 5.91 Å². The van der Waals surface area contributed by atoms with E-state index in [1.807, 2.05) is 21.0 Å². The van der Waals surface area contributed by atoms with Gasteiger partial charge in [0.15, 0.2) is 0 Å². The number of hydrogen-bond acceptors (Lipinski definition) is 3. The summed E-state index contributed by atoms with van der Waals surface area (Å²) in [5.74, 6) is 0.103. The lowest BCUT2D eigenvalue weighted by molar-refractivity contribution is 0.0940. The van der Waals surface area contributed by atoms with Gasteiger partial charge in [-0.2, -0.15) is 0 Å². The lowest BCUT2D eigenvalue weighted by atomic mass is 10.1. The molecule has 0 bridgehead atoms. The predicted octanol–water partition coefficient (Wildman–Crippen LogP) is 2.16. The van der Waals surface area contributed by atoms with Crippen LogP contribution < -0.4 is 5.32 Å². The number of rotatable bonds is 6. The van der Waals surface area contributed by atoms with Gasteiger partial charge in [0.2, 0.25) is 0 Å². The third-order valence-corrected chi connectivity index (χ3v) is 3.31. The highest BCUT2D eigenvalue weighted by molar-refractivity contribution is 5.95. The highest BCUT2D eigenvalue weighted by atomic mass is 16.3. The number of hydrogen-bond donors (Lipinski definition) is 2. The molecule has 4 nitrogen and oxygen atoms in total. The Morgan fingerprint density at radius 1 is 1.42 bits per heavy atom. The van der Waals surface area contributed by atoms with Crippen LogP contribution in [-0.4, -0.2) is 42.6 Å². The Kier molecular flexibility index (Phi) is 5.83. The molecule has 0 aliphatic carbocycles. The van der Waals surface area contributed by atoms with Gasteiger partial charge in [-0.3, -0.25) is 4.79 Å². The zero-order valence-electron chi connectivity index (χ0n) is 12.2. The van der Waals surface area contributed by atoms with Gasteiger partial charge in [0, 0.05) is 18.2 Å². The van der Waals surface area contributed by atoms with Crippen molar-refractivity contribution in [2.45, 2.75) is 32.7 Å². The van der Waals surface area contributed by atoms with Crippen LogP contribution in [0.4, 0.5) is 0 Å². The fourth-order valence-corrected chi connectivity index (χ4v) is 2.08. The smallest absolute Gasteiger partial charge is 0.251 e. The molecule has 2 N–H and O–H groups in total. The van der Waals surface area contributed by atoms with E-state index in [4.69, 9.17) is 0 Å². The van der Waals surface area contributed by atoms with E-state index in [2.05, 4.69) is 17.1 Å². The molecule has 106 valence electrons. The summed E-state index contributed by atoms with van der Waals surface area (Å²) in [6, 6.07) is 5.15. The monoisotopic (exact) mass is 264 g/mol. The number of phenolic OH excluding ortho intramolecular Hbond substituents is 1. The molecule has 0 spiro atoms. The van der Waals surface area contributed by atoms with Gasteiger partial charge in [0.1, 0.15) is 5.75 Å². The number of benzene rings is 1. The molecule has 1 aromatic rings. The number of nitrogens with one attached hydrogen (secondary N) is 1. The molecule has 0 saturated heterocycles. The van der Waals surface area contributed by atoms with Crippen LogP contribution in [0.2, 0.25) is 0 Å². The Labute approximate surface area is 115 Å². The first-order valence-electron chi connectivity index (χ1n) is 6.70. The van der Waals surface area contributed by atoms with Crippen molar-refractivity contribution in [2.24, 2.45) is 0 Å². The first-order chi connectivity index (χ1) is 8.95. The lowest BCUT2D eigenvalue weighted by Crippen LogP contribution is -2.40. The third kappa shape index (κ3) is 4.56. The molecular weight excluding hydrogens is 240 g/mol. The van der Waals surface area contributed by atoms with Crippen LogP contribution in [0.25, 0.3) is 0 Å². The summed E-state index contributed by atoms with van der Waals surface area (Å²) in [6.45, 7) is 4.60. The van der Waals surface area contributed by atoms with Gasteiger partial charge in [0.25, 0.3) is 5.91 Å². The number of aryl methyl sites for hydroxylation is 1. The van der Waals surface area contributed by atoms with E-state index < -0.39 is 0 Å². The molecule has 0 heterocycles. The average Bonchev–Trinajstić information content (AvgIpc) is 2.33. The van der Waals surface area contributed by atoms with E-state index >= 15 is 0 Å². The maximum absolute atomic E-state index is 12.1. The Hall–Kier alpha value is -1.55. The Bertz CT molecular complexity index is 430. The summed E-state index contributed by atoms with van der Waals surface area (Å²) in [7, 11) is 4.05. The molecular formula is C15H24N2O2. The normalized spacial score (nSPS) is 12.5. The number of phenols is 1. The summed E-state index contributed by atoms with van der Waals surface area (Å²) in [4.78, 5) is 14.2. The SMILES string of the molecule is CCC[C@H](CNC(=O)c1ccc(O)cc1C)N(C)C. The highest BCUT2D eigenvalue weighted by Crippen LogP contribution is 2.15. The van der Waals surface area contributed by atoms with Gasteiger partial charge in [-0.1, -0.05) is 13.3 Å². The maximum atomic E-state index is 12.1. The molecule has 0 fully saturated rings. The summed E-state index contributed by atoms with van der Waals surface area (Å²) in [5.41, 5.74) is 1.40. The molecule has 4 heteroatoms. The van der Waals surface area contributed by atoms with Gasteiger partial charge in [-0.05, 0) is 51.2 Å². The number of amides is 1. The van der Waals surface area contributed by atoms with E-state index in [1.54, 1.807) is 12.1 Å². The van der Waals surface area contributed by atoms with Gasteiger partial charge in [-0.15, -0.1) is 0 Å². The van der Waals surface area contributed by atoms with Crippen molar-refractivity contribution in [2.75, 3.05) is 20.6 Å². The Morgan fingerprint density at radius 3 is 2.63 bits per heavy atom. The predicted molar refractivity (Wildman–Crippen MR) is 77.6 cm³/mol. The molecule has 1 aromatic carbocycles. The minimum Gasteiger partial charge on any atom is -0.508 e. The zero-order valence-corrected chi connectivity index (χ0v) is 12.2. The van der Waals surface area contributed by atoms with E-state index in [1.165, 1.54) is 6.07 Å². The van der Waals surface area contributed by atoms with Gasteiger partial charge in [0.05, 0.1) is 0 Å². The number of carbonyl (C=O) groups excluding carboxylic acids is 1. The topological polar surface area (TPSA) is 52.6 Å². The summed E-state index contributed by atoms with van der Waals surface area (Å²) < 4.78 is 0. The third-order valence-electron chi connectivity index (χ3n) is 3.31. The van der Waals surface area contributed by atoms with E-state index in [0.29, 0.717) is 18.2 Å². The first-order valence-corrected chi connectivity index (χ1v) is 6.70. The second-order valence-electron chi connectivity index (χ2n) is 5.12. The number of carbonyl (C=O) groups is 1. The number of likely N-dealkylation sites (N-methyl/N-ethyl adjacent to an activating group) is 1. The van der Waals surface area contributed by atoms with E-state index in [0.717, 1.165) is 18.4 Å².